The van der Waals surface area contributed by atoms with Gasteiger partial charge in [0.1, 0.15) is 0 Å². The highest BCUT2D eigenvalue weighted by atomic mass is 24.3. The SMILES string of the molecule is NC(CO)(CO)CO.[MgH2]. The van der Waals surface area contributed by atoms with Gasteiger partial charge in [-0.1, -0.05) is 0 Å². The molecule has 0 fully saturated rings. The average molecular weight is 147 g/mol. The van der Waals surface area contributed by atoms with Crippen molar-refractivity contribution in [2.45, 2.75) is 5.54 Å². The smallest absolute Gasteiger partial charge is 0.316 e. The molecule has 0 unspecified atom stereocenters. The maximum atomic E-state index is 8.34. The molecular weight excluding hydrogens is 134 g/mol. The van der Waals surface area contributed by atoms with E-state index in [1.807, 2.05) is 0 Å². The Morgan fingerprint density at radius 2 is 1.22 bits per heavy atom. The molecule has 0 aromatic rings. The molecule has 0 aliphatic rings. The first kappa shape index (κ1) is 12.3. The molecule has 0 aliphatic heterocycles. The molecule has 0 heterocycles. The van der Waals surface area contributed by atoms with E-state index in [9.17, 15) is 0 Å². The van der Waals surface area contributed by atoms with Gasteiger partial charge in [-0.15, -0.1) is 0 Å². The van der Waals surface area contributed by atoms with Gasteiger partial charge in [0.15, 0.2) is 0 Å². The van der Waals surface area contributed by atoms with Crippen molar-refractivity contribution in [1.29, 1.82) is 0 Å². The standard InChI is InChI=1S/C4H11NO3.Mg.2H/c5-4(1-6,2-7)3-8;;;/h6-8H,1-3,5H2;;;. The third-order valence-corrected chi connectivity index (χ3v) is 0.945. The number of hydrogen-bond donors (Lipinski definition) is 4. The molecule has 5 N–H and O–H groups in total. The van der Waals surface area contributed by atoms with E-state index >= 15 is 0 Å². The molecule has 0 rings (SSSR count). The minimum Gasteiger partial charge on any atom is -0.394 e. The lowest BCUT2D eigenvalue weighted by atomic mass is 10.1. The molecule has 0 radical (unpaired) electrons. The van der Waals surface area contributed by atoms with Crippen molar-refractivity contribution in [3.8, 4) is 0 Å². The zero-order valence-corrected chi connectivity index (χ0v) is 4.54. The first-order valence-electron chi connectivity index (χ1n) is 2.30. The van der Waals surface area contributed by atoms with Crippen LogP contribution in [-0.2, 0) is 0 Å². The first-order valence-corrected chi connectivity index (χ1v) is 2.30. The van der Waals surface area contributed by atoms with Crippen LogP contribution in [0.4, 0.5) is 0 Å². The summed E-state index contributed by atoms with van der Waals surface area (Å²) in [7, 11) is 0. The predicted octanol–water partition coefficient (Wildman–Crippen LogP) is -3.26. The summed E-state index contributed by atoms with van der Waals surface area (Å²) < 4.78 is 0. The van der Waals surface area contributed by atoms with E-state index < -0.39 is 25.4 Å². The Bertz CT molecular complexity index is 58.6. The van der Waals surface area contributed by atoms with Gasteiger partial charge >= 0.3 is 23.1 Å². The van der Waals surface area contributed by atoms with Crippen LogP contribution in [0.25, 0.3) is 0 Å². The number of aliphatic hydroxyl groups is 3. The summed E-state index contributed by atoms with van der Waals surface area (Å²) in [6.45, 7) is -1.21. The Labute approximate surface area is 69.8 Å². The molecule has 0 aromatic carbocycles. The molecule has 0 atom stereocenters. The van der Waals surface area contributed by atoms with E-state index in [0.29, 0.717) is 0 Å². The van der Waals surface area contributed by atoms with Crippen molar-refractivity contribution < 1.29 is 15.3 Å². The normalized spacial score (nSPS) is 10.7. The van der Waals surface area contributed by atoms with E-state index in [2.05, 4.69) is 0 Å². The highest BCUT2D eigenvalue weighted by Crippen LogP contribution is 1.93. The summed E-state index contributed by atoms with van der Waals surface area (Å²) in [5, 5.41) is 25.0. The van der Waals surface area contributed by atoms with Crippen LogP contribution in [0, 0.1) is 0 Å². The van der Waals surface area contributed by atoms with Gasteiger partial charge in [0, 0.05) is 0 Å². The third kappa shape index (κ3) is 4.07. The Kier molecular flexibility index (Phi) is 7.37. The lowest BCUT2D eigenvalue weighted by Crippen LogP contribution is -2.50. The van der Waals surface area contributed by atoms with Gasteiger partial charge in [0.2, 0.25) is 0 Å². The van der Waals surface area contributed by atoms with Crippen LogP contribution in [0.1, 0.15) is 0 Å². The van der Waals surface area contributed by atoms with E-state index in [1.165, 1.54) is 0 Å². The average Bonchev–Trinajstić information content (AvgIpc) is 1.87. The lowest BCUT2D eigenvalue weighted by molar-refractivity contribution is 0.0698. The molecule has 5 heteroatoms. The van der Waals surface area contributed by atoms with E-state index in [-0.39, 0.29) is 23.1 Å². The largest absolute Gasteiger partial charge is 0.394 e. The van der Waals surface area contributed by atoms with Crippen molar-refractivity contribution in [3.63, 3.8) is 0 Å². The highest BCUT2D eigenvalue weighted by Gasteiger charge is 2.20. The topological polar surface area (TPSA) is 86.7 Å². The fourth-order valence-corrected chi connectivity index (χ4v) is 0.150. The summed E-state index contributed by atoms with van der Waals surface area (Å²) in [5.41, 5.74) is 3.94. The first-order chi connectivity index (χ1) is 3.68. The molecule has 0 aliphatic carbocycles. The molecule has 54 valence electrons. The van der Waals surface area contributed by atoms with Gasteiger partial charge in [0.05, 0.1) is 25.4 Å². The van der Waals surface area contributed by atoms with Crippen molar-refractivity contribution in [3.05, 3.63) is 0 Å². The molecule has 0 spiro atoms. The molecule has 4 nitrogen and oxygen atoms in total. The summed E-state index contributed by atoms with van der Waals surface area (Å²) >= 11 is 0. The van der Waals surface area contributed by atoms with Crippen LogP contribution in [0.15, 0.2) is 0 Å². The van der Waals surface area contributed by atoms with Crippen LogP contribution < -0.4 is 5.73 Å². The van der Waals surface area contributed by atoms with Gasteiger partial charge in [-0.05, 0) is 0 Å². The quantitative estimate of drug-likeness (QED) is 0.316. The van der Waals surface area contributed by atoms with Crippen molar-refractivity contribution >= 4 is 23.1 Å². The molecule has 0 aromatic heterocycles. The van der Waals surface area contributed by atoms with Crippen molar-refractivity contribution in [2.24, 2.45) is 5.73 Å². The van der Waals surface area contributed by atoms with Crippen LogP contribution in [0.5, 0.6) is 0 Å². The Balaban J connectivity index is 0. The second-order valence-electron chi connectivity index (χ2n) is 1.84. The van der Waals surface area contributed by atoms with Crippen LogP contribution in [0.2, 0.25) is 0 Å². The van der Waals surface area contributed by atoms with E-state index in [1.54, 1.807) is 0 Å². The van der Waals surface area contributed by atoms with Gasteiger partial charge in [-0.2, -0.15) is 0 Å². The summed E-state index contributed by atoms with van der Waals surface area (Å²) in [5.74, 6) is 0. The summed E-state index contributed by atoms with van der Waals surface area (Å²) in [4.78, 5) is 0. The van der Waals surface area contributed by atoms with Gasteiger partial charge < -0.3 is 21.1 Å². The maximum absolute atomic E-state index is 8.34. The summed E-state index contributed by atoms with van der Waals surface area (Å²) in [6, 6.07) is 0. The highest BCUT2D eigenvalue weighted by molar-refractivity contribution is 5.75. The van der Waals surface area contributed by atoms with Gasteiger partial charge in [0.25, 0.3) is 0 Å². The zero-order chi connectivity index (χ0) is 6.62. The lowest BCUT2D eigenvalue weighted by Gasteiger charge is -2.20. The Hall–Kier alpha value is 0.606. The molecule has 0 bridgehead atoms. The summed E-state index contributed by atoms with van der Waals surface area (Å²) in [6.07, 6.45) is 0. The van der Waals surface area contributed by atoms with Crippen LogP contribution in [0.3, 0.4) is 0 Å². The number of hydrogen-bond acceptors (Lipinski definition) is 4. The second-order valence-corrected chi connectivity index (χ2v) is 1.84. The van der Waals surface area contributed by atoms with Gasteiger partial charge in [-0.3, -0.25) is 0 Å². The maximum Gasteiger partial charge on any atom is 0.316 e. The van der Waals surface area contributed by atoms with Crippen LogP contribution >= 0.6 is 0 Å². The third-order valence-electron chi connectivity index (χ3n) is 0.945. The Morgan fingerprint density at radius 1 is 1.00 bits per heavy atom. The molecule has 0 amide bonds. The zero-order valence-electron chi connectivity index (χ0n) is 4.54. The number of aliphatic hydroxyl groups excluding tert-OH is 3. The molecule has 0 saturated heterocycles. The molecule has 0 saturated carbocycles. The van der Waals surface area contributed by atoms with Crippen LogP contribution in [-0.4, -0.2) is 63.7 Å². The minimum atomic E-state index is -1.21. The fourth-order valence-electron chi connectivity index (χ4n) is 0.150. The molecule has 9 heavy (non-hydrogen) atoms. The predicted molar refractivity (Wildman–Crippen MR) is 36.7 cm³/mol. The van der Waals surface area contributed by atoms with E-state index in [0.717, 1.165) is 0 Å². The van der Waals surface area contributed by atoms with Crippen molar-refractivity contribution in [2.75, 3.05) is 19.8 Å². The Morgan fingerprint density at radius 3 is 1.22 bits per heavy atom. The second kappa shape index (κ2) is 5.40. The van der Waals surface area contributed by atoms with Crippen molar-refractivity contribution in [1.82, 2.24) is 0 Å². The molecular formula is C4H13MgNO3. The fraction of sp³-hybridized carbons (Fsp3) is 1.00. The van der Waals surface area contributed by atoms with Gasteiger partial charge in [-0.25, -0.2) is 0 Å². The monoisotopic (exact) mass is 147 g/mol. The number of nitrogens with two attached hydrogens (primary N) is 1. The number of rotatable bonds is 3. The van der Waals surface area contributed by atoms with E-state index in [4.69, 9.17) is 21.1 Å². The minimum absolute atomic E-state index is 0.